The Labute approximate surface area is 117 Å². The first-order valence-electron chi connectivity index (χ1n) is 6.15. The topological polar surface area (TPSA) is 57.4 Å². The summed E-state index contributed by atoms with van der Waals surface area (Å²) >= 11 is 1.65. The second kappa shape index (κ2) is 6.54. The van der Waals surface area contributed by atoms with Crippen molar-refractivity contribution in [1.29, 1.82) is 0 Å². The van der Waals surface area contributed by atoms with Crippen molar-refractivity contribution in [1.82, 2.24) is 4.98 Å². The van der Waals surface area contributed by atoms with Gasteiger partial charge in [-0.25, -0.2) is 4.98 Å². The Bertz CT molecular complexity index is 540. The van der Waals surface area contributed by atoms with E-state index in [1.807, 2.05) is 23.6 Å². The lowest BCUT2D eigenvalue weighted by atomic mass is 10.1. The number of nitrogens with two attached hydrogens (primary N) is 1. The molecule has 5 heteroatoms. The van der Waals surface area contributed by atoms with Gasteiger partial charge in [0.15, 0.2) is 0 Å². The molecule has 1 aromatic heterocycles. The number of ether oxygens (including phenoxy) is 2. The molecule has 0 saturated heterocycles. The lowest BCUT2D eigenvalue weighted by Gasteiger charge is -2.08. The largest absolute Gasteiger partial charge is 0.497 e. The zero-order valence-electron chi connectivity index (χ0n) is 11.2. The van der Waals surface area contributed by atoms with E-state index in [4.69, 9.17) is 15.2 Å². The first kappa shape index (κ1) is 13.8. The van der Waals surface area contributed by atoms with E-state index in [0.29, 0.717) is 6.54 Å². The second-order valence-corrected chi connectivity index (χ2v) is 5.03. The van der Waals surface area contributed by atoms with Crippen molar-refractivity contribution in [3.8, 4) is 22.8 Å². The number of thiazole rings is 1. The van der Waals surface area contributed by atoms with Crippen LogP contribution in [0.1, 0.15) is 11.4 Å². The van der Waals surface area contributed by atoms with Gasteiger partial charge in [0.1, 0.15) is 11.5 Å². The summed E-state index contributed by atoms with van der Waals surface area (Å²) in [5.41, 5.74) is 7.40. The van der Waals surface area contributed by atoms with Crippen LogP contribution < -0.4 is 15.2 Å². The van der Waals surface area contributed by atoms with Crippen LogP contribution in [0, 0.1) is 0 Å². The molecule has 0 radical (unpaired) electrons. The van der Waals surface area contributed by atoms with Gasteiger partial charge in [-0.15, -0.1) is 11.3 Å². The van der Waals surface area contributed by atoms with Crippen molar-refractivity contribution in [2.75, 3.05) is 20.8 Å². The Morgan fingerprint density at radius 1 is 1.26 bits per heavy atom. The van der Waals surface area contributed by atoms with Crippen LogP contribution in [0.15, 0.2) is 23.6 Å². The van der Waals surface area contributed by atoms with Crippen molar-refractivity contribution in [2.24, 2.45) is 5.73 Å². The number of hydrogen-bond donors (Lipinski definition) is 1. The van der Waals surface area contributed by atoms with Gasteiger partial charge in [-0.1, -0.05) is 0 Å². The molecule has 4 nitrogen and oxygen atoms in total. The van der Waals surface area contributed by atoms with Crippen LogP contribution in [0.5, 0.6) is 11.5 Å². The first-order chi connectivity index (χ1) is 9.28. The highest BCUT2D eigenvalue weighted by molar-refractivity contribution is 7.09. The van der Waals surface area contributed by atoms with E-state index in [0.717, 1.165) is 40.6 Å². The van der Waals surface area contributed by atoms with E-state index in [1.165, 1.54) is 0 Å². The molecule has 2 aromatic rings. The molecule has 0 saturated carbocycles. The van der Waals surface area contributed by atoms with E-state index < -0.39 is 0 Å². The summed E-state index contributed by atoms with van der Waals surface area (Å²) in [6.07, 6.45) is 1.88. The maximum atomic E-state index is 5.52. The Morgan fingerprint density at radius 3 is 2.79 bits per heavy atom. The van der Waals surface area contributed by atoms with Gasteiger partial charge in [0.2, 0.25) is 0 Å². The molecule has 0 spiro atoms. The SMILES string of the molecule is COc1ccc(OC)c(-c2csc(CCCN)n2)c1. The maximum Gasteiger partial charge on any atom is 0.128 e. The number of aromatic nitrogens is 1. The van der Waals surface area contributed by atoms with Crippen LogP contribution in [0.25, 0.3) is 11.3 Å². The lowest BCUT2D eigenvalue weighted by Crippen LogP contribution is -2.00. The number of nitrogens with zero attached hydrogens (tertiary/aromatic N) is 1. The third-order valence-corrected chi connectivity index (χ3v) is 3.74. The fraction of sp³-hybridized carbons (Fsp3) is 0.357. The Balaban J connectivity index is 2.31. The van der Waals surface area contributed by atoms with Gasteiger partial charge in [0, 0.05) is 17.4 Å². The van der Waals surface area contributed by atoms with Gasteiger partial charge in [0.05, 0.1) is 24.9 Å². The average molecular weight is 278 g/mol. The third-order valence-electron chi connectivity index (χ3n) is 2.83. The lowest BCUT2D eigenvalue weighted by molar-refractivity contribution is 0.404. The third kappa shape index (κ3) is 3.24. The fourth-order valence-corrected chi connectivity index (χ4v) is 2.66. The molecule has 19 heavy (non-hydrogen) atoms. The highest BCUT2D eigenvalue weighted by Gasteiger charge is 2.11. The summed E-state index contributed by atoms with van der Waals surface area (Å²) in [5, 5.41) is 3.15. The van der Waals surface area contributed by atoms with Gasteiger partial charge in [0.25, 0.3) is 0 Å². The molecule has 0 aliphatic carbocycles. The quantitative estimate of drug-likeness (QED) is 0.882. The molecule has 0 atom stereocenters. The van der Waals surface area contributed by atoms with Crippen LogP contribution in [-0.4, -0.2) is 25.7 Å². The summed E-state index contributed by atoms with van der Waals surface area (Å²) in [4.78, 5) is 4.63. The monoisotopic (exact) mass is 278 g/mol. The normalized spacial score (nSPS) is 10.5. The molecule has 0 bridgehead atoms. The molecule has 0 amide bonds. The highest BCUT2D eigenvalue weighted by atomic mass is 32.1. The van der Waals surface area contributed by atoms with Gasteiger partial charge in [-0.2, -0.15) is 0 Å². The fourth-order valence-electron chi connectivity index (χ4n) is 1.82. The smallest absolute Gasteiger partial charge is 0.128 e. The Kier molecular flexibility index (Phi) is 4.76. The van der Waals surface area contributed by atoms with E-state index in [1.54, 1.807) is 25.6 Å². The molecule has 1 heterocycles. The second-order valence-electron chi connectivity index (χ2n) is 4.08. The standard InChI is InChI=1S/C14H18N2O2S/c1-17-10-5-6-13(18-2)11(8-10)12-9-19-14(16-12)4-3-7-15/h5-6,8-9H,3-4,7,15H2,1-2H3. The van der Waals surface area contributed by atoms with Gasteiger partial charge in [-0.05, 0) is 31.2 Å². The number of benzene rings is 1. The number of rotatable bonds is 6. The van der Waals surface area contributed by atoms with Crippen LogP contribution in [0.4, 0.5) is 0 Å². The maximum absolute atomic E-state index is 5.52. The summed E-state index contributed by atoms with van der Waals surface area (Å²) in [6.45, 7) is 0.692. The highest BCUT2D eigenvalue weighted by Crippen LogP contribution is 2.34. The molecular weight excluding hydrogens is 260 g/mol. The van der Waals surface area contributed by atoms with Gasteiger partial charge < -0.3 is 15.2 Å². The molecule has 2 rings (SSSR count). The van der Waals surface area contributed by atoms with Crippen molar-refractivity contribution in [3.05, 3.63) is 28.6 Å². The molecule has 0 unspecified atom stereocenters. The molecule has 0 aliphatic rings. The zero-order chi connectivity index (χ0) is 13.7. The van der Waals surface area contributed by atoms with Gasteiger partial charge in [-0.3, -0.25) is 0 Å². The molecule has 0 fully saturated rings. The Hall–Kier alpha value is -1.59. The summed E-state index contributed by atoms with van der Waals surface area (Å²) in [7, 11) is 3.31. The molecule has 1 aromatic carbocycles. The average Bonchev–Trinajstić information content (AvgIpc) is 2.93. The van der Waals surface area contributed by atoms with Crippen molar-refractivity contribution < 1.29 is 9.47 Å². The number of aryl methyl sites for hydroxylation is 1. The van der Waals surface area contributed by atoms with E-state index in [2.05, 4.69) is 4.98 Å². The minimum atomic E-state index is 0.692. The summed E-state index contributed by atoms with van der Waals surface area (Å²) in [6, 6.07) is 5.72. The number of methoxy groups -OCH3 is 2. The minimum absolute atomic E-state index is 0.692. The molecular formula is C14H18N2O2S. The van der Waals surface area contributed by atoms with Crippen LogP contribution in [-0.2, 0) is 6.42 Å². The Morgan fingerprint density at radius 2 is 2.11 bits per heavy atom. The van der Waals surface area contributed by atoms with Crippen molar-refractivity contribution in [3.63, 3.8) is 0 Å². The molecule has 0 aliphatic heterocycles. The van der Waals surface area contributed by atoms with E-state index in [9.17, 15) is 0 Å². The predicted molar refractivity (Wildman–Crippen MR) is 78.0 cm³/mol. The number of hydrogen-bond acceptors (Lipinski definition) is 5. The van der Waals surface area contributed by atoms with Gasteiger partial charge >= 0.3 is 0 Å². The van der Waals surface area contributed by atoms with E-state index in [-0.39, 0.29) is 0 Å². The van der Waals surface area contributed by atoms with Crippen LogP contribution >= 0.6 is 11.3 Å². The van der Waals surface area contributed by atoms with Crippen LogP contribution in [0.2, 0.25) is 0 Å². The zero-order valence-corrected chi connectivity index (χ0v) is 12.0. The molecule has 2 N–H and O–H groups in total. The van der Waals surface area contributed by atoms with Crippen LogP contribution in [0.3, 0.4) is 0 Å². The molecule has 102 valence electrons. The van der Waals surface area contributed by atoms with Crippen molar-refractivity contribution in [2.45, 2.75) is 12.8 Å². The summed E-state index contributed by atoms with van der Waals surface area (Å²) in [5.74, 6) is 1.60. The predicted octanol–water partition coefficient (Wildman–Crippen LogP) is 2.72. The minimum Gasteiger partial charge on any atom is -0.497 e. The summed E-state index contributed by atoms with van der Waals surface area (Å²) < 4.78 is 10.6. The van der Waals surface area contributed by atoms with E-state index >= 15 is 0 Å². The first-order valence-corrected chi connectivity index (χ1v) is 7.03. The van der Waals surface area contributed by atoms with Crippen molar-refractivity contribution >= 4 is 11.3 Å².